The van der Waals surface area contributed by atoms with Gasteiger partial charge in [0.1, 0.15) is 23.8 Å². The quantitative estimate of drug-likeness (QED) is 0.510. The summed E-state index contributed by atoms with van der Waals surface area (Å²) in [4.78, 5) is 11.1. The Hall–Kier alpha value is -3.26. The van der Waals surface area contributed by atoms with Crippen LogP contribution in [0.2, 0.25) is 5.02 Å². The van der Waals surface area contributed by atoms with E-state index in [0.29, 0.717) is 27.8 Å². The van der Waals surface area contributed by atoms with Gasteiger partial charge >= 0.3 is 0 Å². The third kappa shape index (κ3) is 5.46. The molecule has 0 radical (unpaired) electrons. The van der Waals surface area contributed by atoms with Crippen molar-refractivity contribution in [3.05, 3.63) is 53.3 Å². The highest BCUT2D eigenvalue weighted by molar-refractivity contribution is 6.32. The fourth-order valence-electron chi connectivity index (χ4n) is 2.95. The maximum atomic E-state index is 15.0. The van der Waals surface area contributed by atoms with Gasteiger partial charge in [-0.25, -0.2) is 4.68 Å². The van der Waals surface area contributed by atoms with Gasteiger partial charge in [-0.15, -0.1) is 0 Å². The van der Waals surface area contributed by atoms with Crippen molar-refractivity contribution in [2.75, 3.05) is 25.6 Å². The Labute approximate surface area is 184 Å². The Morgan fingerprint density at radius 1 is 1.23 bits per heavy atom. The predicted octanol–water partition coefficient (Wildman–Crippen LogP) is 4.79. The smallest absolute Gasteiger partial charge is 0.249 e. The zero-order valence-electron chi connectivity index (χ0n) is 17.4. The van der Waals surface area contributed by atoms with Gasteiger partial charge in [-0.05, 0) is 37.3 Å². The van der Waals surface area contributed by atoms with E-state index in [0.717, 1.165) is 0 Å². The SMILES string of the molecule is CCOc1c(F)c(-c2cccc(OC)c2)nn1CCOc1ccc(NC(C)=O)cc1Cl. The molecule has 164 valence electrons. The lowest BCUT2D eigenvalue weighted by Gasteiger charge is -2.11. The number of ether oxygens (including phenoxy) is 3. The minimum Gasteiger partial charge on any atom is -0.497 e. The summed E-state index contributed by atoms with van der Waals surface area (Å²) >= 11 is 6.22. The van der Waals surface area contributed by atoms with Gasteiger partial charge in [0, 0.05) is 18.2 Å². The van der Waals surface area contributed by atoms with Crippen LogP contribution in [0.3, 0.4) is 0 Å². The molecule has 2 aromatic carbocycles. The third-order valence-electron chi connectivity index (χ3n) is 4.29. The summed E-state index contributed by atoms with van der Waals surface area (Å²) in [5.74, 6) is 0.337. The number of nitrogens with zero attached hydrogens (tertiary/aromatic N) is 2. The van der Waals surface area contributed by atoms with Crippen LogP contribution in [-0.2, 0) is 11.3 Å². The summed E-state index contributed by atoms with van der Waals surface area (Å²) in [6, 6.07) is 11.9. The van der Waals surface area contributed by atoms with E-state index in [2.05, 4.69) is 10.4 Å². The number of hydrogen-bond acceptors (Lipinski definition) is 5. The molecule has 1 N–H and O–H groups in total. The predicted molar refractivity (Wildman–Crippen MR) is 117 cm³/mol. The van der Waals surface area contributed by atoms with Crippen LogP contribution in [0.4, 0.5) is 10.1 Å². The number of aromatic nitrogens is 2. The second kappa shape index (κ2) is 10.2. The Morgan fingerprint density at radius 2 is 2.03 bits per heavy atom. The van der Waals surface area contributed by atoms with Gasteiger partial charge in [0.25, 0.3) is 0 Å². The molecule has 0 aliphatic carbocycles. The molecule has 0 bridgehead atoms. The molecular formula is C22H23ClFN3O4. The van der Waals surface area contributed by atoms with E-state index in [1.807, 2.05) is 0 Å². The average molecular weight is 448 g/mol. The van der Waals surface area contributed by atoms with Crippen molar-refractivity contribution in [1.82, 2.24) is 9.78 Å². The van der Waals surface area contributed by atoms with Crippen LogP contribution in [0.1, 0.15) is 13.8 Å². The van der Waals surface area contributed by atoms with Crippen molar-refractivity contribution < 1.29 is 23.4 Å². The lowest BCUT2D eigenvalue weighted by Crippen LogP contribution is -2.12. The fourth-order valence-corrected chi connectivity index (χ4v) is 3.18. The van der Waals surface area contributed by atoms with Crippen LogP contribution in [0.5, 0.6) is 17.4 Å². The van der Waals surface area contributed by atoms with Crippen LogP contribution >= 0.6 is 11.6 Å². The third-order valence-corrected chi connectivity index (χ3v) is 4.58. The minimum atomic E-state index is -0.548. The normalized spacial score (nSPS) is 10.6. The first-order valence-corrected chi connectivity index (χ1v) is 10.0. The van der Waals surface area contributed by atoms with E-state index >= 15 is 4.39 Å². The van der Waals surface area contributed by atoms with Crippen LogP contribution < -0.4 is 19.5 Å². The van der Waals surface area contributed by atoms with Crippen molar-refractivity contribution in [3.8, 4) is 28.6 Å². The van der Waals surface area contributed by atoms with Gasteiger partial charge in [-0.2, -0.15) is 9.49 Å². The molecule has 1 aromatic heterocycles. The number of carbonyl (C=O) groups excluding carboxylic acids is 1. The Bertz CT molecular complexity index is 1070. The molecule has 0 aliphatic heterocycles. The zero-order valence-corrected chi connectivity index (χ0v) is 18.2. The summed E-state index contributed by atoms with van der Waals surface area (Å²) in [5, 5.41) is 7.37. The Morgan fingerprint density at radius 3 is 2.71 bits per heavy atom. The molecule has 0 aliphatic rings. The lowest BCUT2D eigenvalue weighted by molar-refractivity contribution is -0.114. The second-order valence-electron chi connectivity index (χ2n) is 6.53. The molecule has 3 rings (SSSR count). The number of benzene rings is 2. The zero-order chi connectivity index (χ0) is 22.4. The molecule has 0 fully saturated rings. The first-order chi connectivity index (χ1) is 14.9. The first kappa shape index (κ1) is 22.4. The number of halogens is 2. The summed E-state index contributed by atoms with van der Waals surface area (Å²) < 4.78 is 32.9. The summed E-state index contributed by atoms with van der Waals surface area (Å²) in [6.07, 6.45) is 0. The Balaban J connectivity index is 1.76. The van der Waals surface area contributed by atoms with Crippen molar-refractivity contribution in [1.29, 1.82) is 0 Å². The molecule has 0 saturated heterocycles. The Kier molecular flexibility index (Phi) is 7.36. The lowest BCUT2D eigenvalue weighted by atomic mass is 10.1. The van der Waals surface area contributed by atoms with Gasteiger partial charge in [-0.3, -0.25) is 4.79 Å². The molecule has 7 nitrogen and oxygen atoms in total. The highest BCUT2D eigenvalue weighted by Crippen LogP contribution is 2.31. The summed E-state index contributed by atoms with van der Waals surface area (Å²) in [5.41, 5.74) is 1.31. The van der Waals surface area contributed by atoms with Gasteiger partial charge in [0.15, 0.2) is 0 Å². The summed E-state index contributed by atoms with van der Waals surface area (Å²) in [6.45, 7) is 3.89. The van der Waals surface area contributed by atoms with Crippen molar-refractivity contribution in [2.45, 2.75) is 20.4 Å². The van der Waals surface area contributed by atoms with Crippen molar-refractivity contribution >= 4 is 23.2 Å². The molecule has 3 aromatic rings. The molecule has 0 spiro atoms. The van der Waals surface area contributed by atoms with E-state index in [4.69, 9.17) is 25.8 Å². The van der Waals surface area contributed by atoms with Crippen LogP contribution in [-0.4, -0.2) is 36.0 Å². The molecule has 31 heavy (non-hydrogen) atoms. The van der Waals surface area contributed by atoms with E-state index in [-0.39, 0.29) is 37.2 Å². The number of anilines is 1. The largest absolute Gasteiger partial charge is 0.497 e. The number of methoxy groups -OCH3 is 1. The van der Waals surface area contributed by atoms with E-state index in [1.165, 1.54) is 11.6 Å². The fraction of sp³-hybridized carbons (Fsp3) is 0.273. The molecule has 0 unspecified atom stereocenters. The van der Waals surface area contributed by atoms with Crippen LogP contribution in [0.15, 0.2) is 42.5 Å². The maximum absolute atomic E-state index is 15.0. The standard InChI is InChI=1S/C22H23ClFN3O4/c1-4-30-22-20(24)21(15-6-5-7-17(12-15)29-3)26-27(22)10-11-31-19-9-8-16(13-18(19)23)25-14(2)28/h5-9,12-13H,4,10-11H2,1-3H3,(H,25,28). The van der Waals surface area contributed by atoms with Crippen molar-refractivity contribution in [3.63, 3.8) is 0 Å². The maximum Gasteiger partial charge on any atom is 0.249 e. The van der Waals surface area contributed by atoms with E-state index in [9.17, 15) is 4.79 Å². The van der Waals surface area contributed by atoms with Gasteiger partial charge in [0.05, 0.1) is 25.3 Å². The molecule has 0 atom stereocenters. The molecule has 1 amide bonds. The second-order valence-corrected chi connectivity index (χ2v) is 6.94. The van der Waals surface area contributed by atoms with Crippen molar-refractivity contribution in [2.24, 2.45) is 0 Å². The summed E-state index contributed by atoms with van der Waals surface area (Å²) in [7, 11) is 1.55. The highest BCUT2D eigenvalue weighted by atomic mass is 35.5. The number of hydrogen-bond donors (Lipinski definition) is 1. The first-order valence-electron chi connectivity index (χ1n) is 9.66. The topological polar surface area (TPSA) is 74.6 Å². The number of amides is 1. The minimum absolute atomic E-state index is 0.0380. The molecule has 1 heterocycles. The van der Waals surface area contributed by atoms with Gasteiger partial charge in [-0.1, -0.05) is 23.7 Å². The monoisotopic (exact) mass is 447 g/mol. The van der Waals surface area contributed by atoms with Crippen LogP contribution in [0.25, 0.3) is 11.3 Å². The number of nitrogens with one attached hydrogen (secondary N) is 1. The molecular weight excluding hydrogens is 425 g/mol. The van der Waals surface area contributed by atoms with E-state index < -0.39 is 5.82 Å². The highest BCUT2D eigenvalue weighted by Gasteiger charge is 2.21. The van der Waals surface area contributed by atoms with Crippen LogP contribution in [0, 0.1) is 5.82 Å². The number of rotatable bonds is 9. The van der Waals surface area contributed by atoms with E-state index in [1.54, 1.807) is 56.5 Å². The molecule has 0 saturated carbocycles. The average Bonchev–Trinajstić information content (AvgIpc) is 3.05. The van der Waals surface area contributed by atoms with Gasteiger partial charge < -0.3 is 19.5 Å². The molecule has 9 heteroatoms. The van der Waals surface area contributed by atoms with Gasteiger partial charge in [0.2, 0.25) is 17.6 Å². The number of carbonyl (C=O) groups is 1.